The Labute approximate surface area is 130 Å². The zero-order valence-electron chi connectivity index (χ0n) is 13.4. The average molecular weight is 319 g/mol. The molecule has 0 bridgehead atoms. The third-order valence-electron chi connectivity index (χ3n) is 3.38. The number of hydrogen-bond acceptors (Lipinski definition) is 4. The molecule has 0 aromatic heterocycles. The Morgan fingerprint density at radius 2 is 1.29 bits per heavy atom. The van der Waals surface area contributed by atoms with Crippen molar-refractivity contribution in [2.24, 2.45) is 0 Å². The summed E-state index contributed by atoms with van der Waals surface area (Å²) in [5, 5.41) is 0. The highest BCUT2D eigenvalue weighted by Crippen LogP contribution is 2.09. The Kier molecular flexibility index (Phi) is 14.3. The van der Waals surface area contributed by atoms with Gasteiger partial charge in [-0.2, -0.15) is 0 Å². The summed E-state index contributed by atoms with van der Waals surface area (Å²) in [6, 6.07) is 0. The molecule has 0 aromatic rings. The predicted molar refractivity (Wildman–Crippen MR) is 85.9 cm³/mol. The highest BCUT2D eigenvalue weighted by Gasteiger charge is 1.95. The van der Waals surface area contributed by atoms with Crippen LogP contribution in [-0.4, -0.2) is 19.6 Å². The number of allylic oxidation sites excluding steroid dienone is 2. The molecule has 0 aromatic carbocycles. The lowest BCUT2D eigenvalue weighted by atomic mass is 10.1. The predicted octanol–water partition coefficient (Wildman–Crippen LogP) is 4.72. The maximum absolute atomic E-state index is 10.2. The molecule has 0 rings (SSSR count). The first-order valence-corrected chi connectivity index (χ1v) is 9.65. The Hall–Kier alpha value is -0.390. The molecule has 0 heterocycles. The normalized spacial score (nSPS) is 12.3. The molecule has 0 aliphatic carbocycles. The summed E-state index contributed by atoms with van der Waals surface area (Å²) in [4.78, 5) is 0. The summed E-state index contributed by atoms with van der Waals surface area (Å²) in [7, 11) is -4.50. The fraction of sp³-hybridized carbons (Fsp3) is 0.875. The lowest BCUT2D eigenvalue weighted by molar-refractivity contribution is 0.255. The number of rotatable bonds is 15. The van der Waals surface area contributed by atoms with Crippen LogP contribution in [0.4, 0.5) is 0 Å². The van der Waals surface area contributed by atoms with E-state index >= 15 is 0 Å². The third kappa shape index (κ3) is 19.6. The molecule has 0 radical (unpaired) electrons. The van der Waals surface area contributed by atoms with E-state index in [0.29, 0.717) is 6.42 Å². The maximum atomic E-state index is 10.2. The van der Waals surface area contributed by atoms with Crippen LogP contribution in [-0.2, 0) is 14.6 Å². The van der Waals surface area contributed by atoms with Crippen molar-refractivity contribution in [2.45, 2.75) is 84.0 Å². The second-order valence-electron chi connectivity index (χ2n) is 5.46. The van der Waals surface area contributed by atoms with Crippen molar-refractivity contribution in [2.75, 3.05) is 6.61 Å². The maximum Gasteiger partial charge on any atom is 0.217 e. The van der Waals surface area contributed by atoms with Gasteiger partial charge >= 0.3 is 0 Å². The first kappa shape index (κ1) is 20.6. The van der Waals surface area contributed by atoms with Gasteiger partial charge in [0.1, 0.15) is 0 Å². The van der Waals surface area contributed by atoms with Crippen LogP contribution in [0, 0.1) is 0 Å². The summed E-state index contributed by atoms with van der Waals surface area (Å²) in [6.45, 7) is 2.25. The molecule has 0 aliphatic heterocycles. The van der Waals surface area contributed by atoms with Gasteiger partial charge in [-0.05, 0) is 32.1 Å². The van der Waals surface area contributed by atoms with Gasteiger partial charge in [0.25, 0.3) is 0 Å². The number of unbranched alkanes of at least 4 members (excludes halogenated alkanes) is 10. The van der Waals surface area contributed by atoms with Crippen LogP contribution in [0.2, 0.25) is 0 Å². The molecule has 0 saturated carbocycles. The molecule has 0 aliphatic rings. The van der Waals surface area contributed by atoms with Gasteiger partial charge in [0.15, 0.2) is 0 Å². The van der Waals surface area contributed by atoms with Gasteiger partial charge in [0, 0.05) is 0 Å². The second kappa shape index (κ2) is 14.5. The molecule has 0 N–H and O–H groups in total. The molecular weight excluding hydrogens is 288 g/mol. The van der Waals surface area contributed by atoms with Crippen LogP contribution in [0.1, 0.15) is 84.0 Å². The second-order valence-corrected chi connectivity index (χ2v) is 6.51. The molecule has 0 atom stereocenters. The molecule has 0 spiro atoms. The van der Waals surface area contributed by atoms with E-state index in [1.165, 1.54) is 44.9 Å². The molecular formula is C16H31O4S-. The zero-order chi connectivity index (χ0) is 15.8. The fourth-order valence-electron chi connectivity index (χ4n) is 2.16. The van der Waals surface area contributed by atoms with Gasteiger partial charge in [0.2, 0.25) is 10.4 Å². The Bertz CT molecular complexity index is 336. The van der Waals surface area contributed by atoms with Crippen molar-refractivity contribution >= 4 is 10.4 Å². The Morgan fingerprint density at radius 3 is 1.81 bits per heavy atom. The summed E-state index contributed by atoms with van der Waals surface area (Å²) in [5.74, 6) is 0. The Morgan fingerprint density at radius 1 is 0.810 bits per heavy atom. The molecule has 0 fully saturated rings. The highest BCUT2D eigenvalue weighted by atomic mass is 32.3. The van der Waals surface area contributed by atoms with E-state index in [9.17, 15) is 13.0 Å². The van der Waals surface area contributed by atoms with Crippen molar-refractivity contribution in [3.8, 4) is 0 Å². The van der Waals surface area contributed by atoms with Crippen molar-refractivity contribution in [3.05, 3.63) is 12.2 Å². The van der Waals surface area contributed by atoms with Gasteiger partial charge in [-0.1, -0.05) is 64.0 Å². The molecule has 0 amide bonds. The highest BCUT2D eigenvalue weighted by molar-refractivity contribution is 7.80. The van der Waals surface area contributed by atoms with Crippen molar-refractivity contribution in [1.82, 2.24) is 0 Å². The minimum atomic E-state index is -4.50. The van der Waals surface area contributed by atoms with Crippen molar-refractivity contribution < 1.29 is 17.2 Å². The number of hydrogen-bond donors (Lipinski definition) is 0. The van der Waals surface area contributed by atoms with Crippen LogP contribution in [0.3, 0.4) is 0 Å². The molecule has 126 valence electrons. The van der Waals surface area contributed by atoms with E-state index in [1.54, 1.807) is 0 Å². The topological polar surface area (TPSA) is 66.4 Å². The van der Waals surface area contributed by atoms with E-state index in [0.717, 1.165) is 25.7 Å². The quantitative estimate of drug-likeness (QED) is 0.189. The largest absolute Gasteiger partial charge is 0.726 e. The van der Waals surface area contributed by atoms with Gasteiger partial charge < -0.3 is 4.55 Å². The minimum Gasteiger partial charge on any atom is -0.726 e. The summed E-state index contributed by atoms with van der Waals surface area (Å²) in [5.41, 5.74) is 0. The first-order valence-electron chi connectivity index (χ1n) is 8.31. The van der Waals surface area contributed by atoms with Crippen LogP contribution < -0.4 is 0 Å². The summed E-state index contributed by atoms with van der Waals surface area (Å²) in [6.07, 6.45) is 18.5. The van der Waals surface area contributed by atoms with Gasteiger partial charge in [-0.25, -0.2) is 8.42 Å². The molecule has 0 saturated heterocycles. The SMILES string of the molecule is CCCCCC/C=C/CCCCCCCCOS(=O)(=O)[O-]. The Balaban J connectivity index is 3.13. The van der Waals surface area contributed by atoms with E-state index in [1.807, 2.05) is 0 Å². The molecule has 5 heteroatoms. The molecule has 0 unspecified atom stereocenters. The monoisotopic (exact) mass is 319 g/mol. The summed E-state index contributed by atoms with van der Waals surface area (Å²) >= 11 is 0. The lowest BCUT2D eigenvalue weighted by Crippen LogP contribution is -2.05. The standard InChI is InChI=1S/C16H32O4S/c1-2-3-4-5-6-7-8-9-10-11-12-13-14-15-16-20-21(17,18)19/h7-8H,2-6,9-16H2,1H3,(H,17,18,19)/p-1/b8-7+. The molecule has 21 heavy (non-hydrogen) atoms. The smallest absolute Gasteiger partial charge is 0.217 e. The van der Waals surface area contributed by atoms with E-state index < -0.39 is 10.4 Å². The molecule has 4 nitrogen and oxygen atoms in total. The van der Waals surface area contributed by atoms with Gasteiger partial charge in [-0.3, -0.25) is 4.18 Å². The fourth-order valence-corrected chi connectivity index (χ4v) is 2.48. The van der Waals surface area contributed by atoms with E-state index in [-0.39, 0.29) is 6.61 Å². The first-order chi connectivity index (χ1) is 10.1. The van der Waals surface area contributed by atoms with E-state index in [4.69, 9.17) is 0 Å². The summed E-state index contributed by atoms with van der Waals surface area (Å²) < 4.78 is 34.7. The van der Waals surface area contributed by atoms with Crippen molar-refractivity contribution in [3.63, 3.8) is 0 Å². The average Bonchev–Trinajstić information content (AvgIpc) is 2.42. The van der Waals surface area contributed by atoms with Crippen LogP contribution in [0.5, 0.6) is 0 Å². The van der Waals surface area contributed by atoms with Crippen LogP contribution in [0.15, 0.2) is 12.2 Å². The lowest BCUT2D eigenvalue weighted by Gasteiger charge is -2.06. The van der Waals surface area contributed by atoms with Crippen LogP contribution >= 0.6 is 0 Å². The van der Waals surface area contributed by atoms with Gasteiger partial charge in [-0.15, -0.1) is 0 Å². The van der Waals surface area contributed by atoms with Crippen molar-refractivity contribution in [1.29, 1.82) is 0 Å². The third-order valence-corrected chi connectivity index (χ3v) is 3.84. The van der Waals surface area contributed by atoms with E-state index in [2.05, 4.69) is 23.3 Å². The van der Waals surface area contributed by atoms with Crippen LogP contribution in [0.25, 0.3) is 0 Å². The van der Waals surface area contributed by atoms with Gasteiger partial charge in [0.05, 0.1) is 6.61 Å². The zero-order valence-corrected chi connectivity index (χ0v) is 14.2. The minimum absolute atomic E-state index is 0.0204.